The topological polar surface area (TPSA) is 104 Å². The fourth-order valence-electron chi connectivity index (χ4n) is 2.48. The second-order valence-corrected chi connectivity index (χ2v) is 14.9. The van der Waals surface area contributed by atoms with Crippen LogP contribution in [0.3, 0.4) is 0 Å². The molecule has 30 heavy (non-hydrogen) atoms. The third-order valence-electron chi connectivity index (χ3n) is 4.08. The lowest BCUT2D eigenvalue weighted by atomic mass is 10.2. The average molecular weight is 443 g/mol. The zero-order valence-corrected chi connectivity index (χ0v) is 20.4. The average Bonchev–Trinajstić information content (AvgIpc) is 3.05. The number of amides is 1. The number of rotatable bonds is 12. The van der Waals surface area contributed by atoms with E-state index in [0.29, 0.717) is 32.8 Å². The van der Waals surface area contributed by atoms with Crippen LogP contribution in [-0.4, -0.2) is 68.1 Å². The normalized spacial score (nSPS) is 13.0. The van der Waals surface area contributed by atoms with Crippen molar-refractivity contribution >= 4 is 20.1 Å². The Balaban J connectivity index is 2.52. The minimum atomic E-state index is -1.14. The van der Waals surface area contributed by atoms with Crippen LogP contribution >= 0.6 is 0 Å². The highest BCUT2D eigenvalue weighted by Crippen LogP contribution is 2.09. The fourth-order valence-corrected chi connectivity index (χ4v) is 3.23. The highest BCUT2D eigenvalue weighted by atomic mass is 28.3. The van der Waals surface area contributed by atoms with Crippen molar-refractivity contribution in [2.24, 2.45) is 0 Å². The van der Waals surface area contributed by atoms with Crippen LogP contribution in [0.15, 0.2) is 12.4 Å². The minimum absolute atomic E-state index is 0.316. The molecule has 0 aliphatic carbocycles. The number of nitrogens with zero attached hydrogens (tertiary/aromatic N) is 2. The van der Waals surface area contributed by atoms with Gasteiger partial charge in [0.05, 0.1) is 7.11 Å². The Morgan fingerprint density at radius 3 is 2.53 bits per heavy atom. The second kappa shape index (κ2) is 12.1. The van der Waals surface area contributed by atoms with Gasteiger partial charge in [-0.15, -0.1) is 0 Å². The first-order chi connectivity index (χ1) is 13.9. The van der Waals surface area contributed by atoms with Crippen LogP contribution in [0.2, 0.25) is 25.7 Å². The molecule has 0 bridgehead atoms. The third kappa shape index (κ3) is 11.3. The lowest BCUT2D eigenvalue weighted by molar-refractivity contribution is -0.143. The van der Waals surface area contributed by atoms with Gasteiger partial charge in [-0.05, 0) is 26.8 Å². The van der Waals surface area contributed by atoms with Crippen LogP contribution in [-0.2, 0) is 32.2 Å². The van der Waals surface area contributed by atoms with Gasteiger partial charge >= 0.3 is 12.1 Å². The second-order valence-electron chi connectivity index (χ2n) is 9.32. The van der Waals surface area contributed by atoms with E-state index in [2.05, 4.69) is 35.3 Å². The van der Waals surface area contributed by atoms with Crippen LogP contribution in [0.25, 0.3) is 0 Å². The van der Waals surface area contributed by atoms with Gasteiger partial charge in [0, 0.05) is 46.6 Å². The van der Waals surface area contributed by atoms with Gasteiger partial charge in [-0.2, -0.15) is 0 Å². The van der Waals surface area contributed by atoms with E-state index in [9.17, 15) is 9.59 Å². The lowest BCUT2D eigenvalue weighted by Gasteiger charge is -2.20. The summed E-state index contributed by atoms with van der Waals surface area (Å²) in [5.74, 6) is 0.340. The van der Waals surface area contributed by atoms with Gasteiger partial charge in [0.25, 0.3) is 0 Å². The van der Waals surface area contributed by atoms with E-state index < -0.39 is 25.8 Å². The molecule has 0 saturated heterocycles. The molecule has 1 rings (SSSR count). The Morgan fingerprint density at radius 2 is 1.93 bits per heavy atom. The maximum atomic E-state index is 12.2. The van der Waals surface area contributed by atoms with E-state index in [1.807, 2.05) is 10.8 Å². The standard InChI is InChI=1S/C20H38N4O5Si/c1-20(2,3)29-19(26)23-9-8-21-16(18(25)27-4)14-17-22-10-11-24(17)15-28-12-13-30(5,6)7/h10-11,16,21H,8-9,12-15H2,1-7H3,(H,23,26). The molecule has 0 aromatic carbocycles. The molecule has 1 aromatic heterocycles. The van der Waals surface area contributed by atoms with Crippen molar-refractivity contribution in [1.29, 1.82) is 0 Å². The number of imidazole rings is 1. The zero-order valence-electron chi connectivity index (χ0n) is 19.4. The van der Waals surface area contributed by atoms with Crippen molar-refractivity contribution in [3.8, 4) is 0 Å². The van der Waals surface area contributed by atoms with Crippen molar-refractivity contribution < 1.29 is 23.8 Å². The molecule has 9 nitrogen and oxygen atoms in total. The number of hydrogen-bond acceptors (Lipinski definition) is 7. The summed E-state index contributed by atoms with van der Waals surface area (Å²) in [7, 11) is 0.210. The molecule has 0 radical (unpaired) electrons. The van der Waals surface area contributed by atoms with Gasteiger partial charge in [0.2, 0.25) is 0 Å². The smallest absolute Gasteiger partial charge is 0.407 e. The van der Waals surface area contributed by atoms with Crippen LogP contribution in [0, 0.1) is 0 Å². The van der Waals surface area contributed by atoms with E-state index >= 15 is 0 Å². The molecule has 0 aliphatic heterocycles. The number of esters is 1. The van der Waals surface area contributed by atoms with Crippen LogP contribution < -0.4 is 10.6 Å². The van der Waals surface area contributed by atoms with Crippen LogP contribution in [0.1, 0.15) is 26.6 Å². The molecule has 1 amide bonds. The van der Waals surface area contributed by atoms with Gasteiger partial charge in [0.1, 0.15) is 24.2 Å². The highest BCUT2D eigenvalue weighted by Gasteiger charge is 2.22. The number of hydrogen-bond donors (Lipinski definition) is 2. The minimum Gasteiger partial charge on any atom is -0.468 e. The maximum absolute atomic E-state index is 12.2. The van der Waals surface area contributed by atoms with Crippen LogP contribution in [0.4, 0.5) is 4.79 Å². The molecule has 0 fully saturated rings. The molecule has 0 aliphatic rings. The first-order valence-corrected chi connectivity index (χ1v) is 14.0. The van der Waals surface area contributed by atoms with Crippen molar-refractivity contribution in [1.82, 2.24) is 20.2 Å². The molecule has 1 aromatic rings. The van der Waals surface area contributed by atoms with Gasteiger partial charge in [-0.3, -0.25) is 4.79 Å². The molecule has 1 unspecified atom stereocenters. The summed E-state index contributed by atoms with van der Waals surface area (Å²) < 4.78 is 17.8. The number of carbonyl (C=O) groups excluding carboxylic acids is 2. The molecular weight excluding hydrogens is 404 g/mol. The zero-order chi connectivity index (χ0) is 22.8. The van der Waals surface area contributed by atoms with E-state index in [1.54, 1.807) is 27.0 Å². The van der Waals surface area contributed by atoms with E-state index in [-0.39, 0.29) is 5.97 Å². The molecule has 1 heterocycles. The van der Waals surface area contributed by atoms with Gasteiger partial charge < -0.3 is 29.4 Å². The van der Waals surface area contributed by atoms with E-state index in [4.69, 9.17) is 14.2 Å². The SMILES string of the molecule is COC(=O)C(Cc1nccn1COCC[Si](C)(C)C)NCCNC(=O)OC(C)(C)C. The number of ether oxygens (including phenoxy) is 3. The molecule has 10 heteroatoms. The lowest BCUT2D eigenvalue weighted by Crippen LogP contribution is -2.44. The Bertz CT molecular complexity index is 667. The largest absolute Gasteiger partial charge is 0.468 e. The maximum Gasteiger partial charge on any atom is 0.407 e. The Morgan fingerprint density at radius 1 is 1.23 bits per heavy atom. The summed E-state index contributed by atoms with van der Waals surface area (Å²) in [6, 6.07) is 0.507. The first kappa shape index (κ1) is 26.1. The summed E-state index contributed by atoms with van der Waals surface area (Å²) >= 11 is 0. The summed E-state index contributed by atoms with van der Waals surface area (Å²) in [6.07, 6.45) is 3.38. The molecular formula is C20H38N4O5Si. The summed E-state index contributed by atoms with van der Waals surface area (Å²) in [4.78, 5) is 28.2. The number of carbonyl (C=O) groups is 2. The molecule has 2 N–H and O–H groups in total. The quantitative estimate of drug-likeness (QED) is 0.291. The fraction of sp³-hybridized carbons (Fsp3) is 0.750. The summed E-state index contributed by atoms with van der Waals surface area (Å²) in [6.45, 7) is 14.1. The van der Waals surface area contributed by atoms with Crippen molar-refractivity contribution in [2.45, 2.75) is 71.3 Å². The number of aromatic nitrogens is 2. The summed E-state index contributed by atoms with van der Waals surface area (Å²) in [5, 5.41) is 5.76. The number of alkyl carbamates (subject to hydrolysis) is 1. The van der Waals surface area contributed by atoms with Crippen molar-refractivity contribution in [2.75, 3.05) is 26.8 Å². The van der Waals surface area contributed by atoms with Crippen LogP contribution in [0.5, 0.6) is 0 Å². The Hall–Kier alpha value is -1.91. The predicted molar refractivity (Wildman–Crippen MR) is 118 cm³/mol. The van der Waals surface area contributed by atoms with E-state index in [1.165, 1.54) is 7.11 Å². The third-order valence-corrected chi connectivity index (χ3v) is 5.79. The van der Waals surface area contributed by atoms with Gasteiger partial charge in [0.15, 0.2) is 0 Å². The molecule has 0 saturated carbocycles. The molecule has 1 atom stereocenters. The highest BCUT2D eigenvalue weighted by molar-refractivity contribution is 6.76. The molecule has 172 valence electrons. The van der Waals surface area contributed by atoms with Gasteiger partial charge in [-0.25, -0.2) is 9.78 Å². The van der Waals surface area contributed by atoms with Crippen molar-refractivity contribution in [3.05, 3.63) is 18.2 Å². The Kier molecular flexibility index (Phi) is 10.5. The monoisotopic (exact) mass is 442 g/mol. The first-order valence-electron chi connectivity index (χ1n) is 10.3. The predicted octanol–water partition coefficient (Wildman–Crippen LogP) is 2.39. The summed E-state index contributed by atoms with van der Waals surface area (Å²) in [5.41, 5.74) is -0.555. The molecule has 0 spiro atoms. The Labute approximate surface area is 180 Å². The van der Waals surface area contributed by atoms with Gasteiger partial charge in [-0.1, -0.05) is 19.6 Å². The van der Waals surface area contributed by atoms with Crippen molar-refractivity contribution in [3.63, 3.8) is 0 Å². The van der Waals surface area contributed by atoms with E-state index in [0.717, 1.165) is 11.9 Å². The number of methoxy groups -OCH3 is 1. The number of nitrogens with one attached hydrogen (secondary N) is 2.